The van der Waals surface area contributed by atoms with Crippen LogP contribution in [-0.2, 0) is 9.47 Å². The molecule has 0 aliphatic heterocycles. The fourth-order valence-corrected chi connectivity index (χ4v) is 1.11. The van der Waals surface area contributed by atoms with Gasteiger partial charge in [0.15, 0.2) is 6.29 Å². The maximum atomic E-state index is 9.55. The topological polar surface area (TPSA) is 79.2 Å². The van der Waals surface area contributed by atoms with Crippen molar-refractivity contribution in [1.29, 1.82) is 0 Å². The largest absolute Gasteiger partial charge is 0.394 e. The van der Waals surface area contributed by atoms with Gasteiger partial charge in [0.05, 0.1) is 19.3 Å². The smallest absolute Gasteiger partial charge is 0.183 e. The molecule has 3 atom stereocenters. The molecule has 14 heavy (non-hydrogen) atoms. The van der Waals surface area contributed by atoms with Gasteiger partial charge in [0.2, 0.25) is 0 Å². The van der Waals surface area contributed by atoms with E-state index in [1.165, 1.54) is 0 Å². The van der Waals surface area contributed by atoms with Crippen LogP contribution < -0.4 is 0 Å². The second-order valence-corrected chi connectivity index (χ2v) is 2.88. The minimum Gasteiger partial charge on any atom is -0.394 e. The van der Waals surface area contributed by atoms with Crippen molar-refractivity contribution in [3.63, 3.8) is 0 Å². The Bertz CT molecular complexity index is 130. The van der Waals surface area contributed by atoms with Crippen LogP contribution in [0, 0.1) is 0 Å². The summed E-state index contributed by atoms with van der Waals surface area (Å²) >= 11 is 0. The van der Waals surface area contributed by atoms with E-state index in [9.17, 15) is 10.2 Å². The second-order valence-electron chi connectivity index (χ2n) is 2.88. The standard InChI is InChI=1S/C9H20O5/c1-3-7(14-6-5-10)8(11)9(12)13-4-2/h7-12H,3-6H2,1-2H3. The molecule has 0 aromatic heterocycles. The molecule has 86 valence electrons. The molecule has 0 aliphatic carbocycles. The highest BCUT2D eigenvalue weighted by molar-refractivity contribution is 4.70. The fourth-order valence-electron chi connectivity index (χ4n) is 1.11. The number of aliphatic hydroxyl groups excluding tert-OH is 3. The lowest BCUT2D eigenvalue weighted by Gasteiger charge is -2.25. The van der Waals surface area contributed by atoms with Gasteiger partial charge in [-0.05, 0) is 13.3 Å². The molecule has 0 aromatic rings. The zero-order valence-electron chi connectivity index (χ0n) is 8.72. The van der Waals surface area contributed by atoms with Gasteiger partial charge in [-0.2, -0.15) is 0 Å². The molecule has 3 unspecified atom stereocenters. The van der Waals surface area contributed by atoms with Crippen molar-refractivity contribution in [2.24, 2.45) is 0 Å². The third-order valence-corrected chi connectivity index (χ3v) is 1.84. The van der Waals surface area contributed by atoms with E-state index in [-0.39, 0.29) is 13.2 Å². The van der Waals surface area contributed by atoms with E-state index in [0.29, 0.717) is 13.0 Å². The van der Waals surface area contributed by atoms with E-state index in [1.807, 2.05) is 6.92 Å². The summed E-state index contributed by atoms with van der Waals surface area (Å²) in [4.78, 5) is 0. The Morgan fingerprint density at radius 1 is 1.14 bits per heavy atom. The van der Waals surface area contributed by atoms with Crippen LogP contribution in [0.3, 0.4) is 0 Å². The summed E-state index contributed by atoms with van der Waals surface area (Å²) in [6.07, 6.45) is -2.27. The van der Waals surface area contributed by atoms with Gasteiger partial charge < -0.3 is 24.8 Å². The highest BCUT2D eigenvalue weighted by Crippen LogP contribution is 2.09. The van der Waals surface area contributed by atoms with Crippen molar-refractivity contribution in [3.05, 3.63) is 0 Å². The summed E-state index contributed by atoms with van der Waals surface area (Å²) in [5.41, 5.74) is 0. The molecule has 0 heterocycles. The summed E-state index contributed by atoms with van der Waals surface area (Å²) in [6, 6.07) is 0. The Morgan fingerprint density at radius 2 is 1.79 bits per heavy atom. The van der Waals surface area contributed by atoms with Crippen molar-refractivity contribution < 1.29 is 24.8 Å². The molecule has 0 radical (unpaired) electrons. The van der Waals surface area contributed by atoms with Crippen molar-refractivity contribution >= 4 is 0 Å². The normalized spacial score (nSPS) is 17.8. The van der Waals surface area contributed by atoms with Crippen LogP contribution in [0.15, 0.2) is 0 Å². The molecule has 3 N–H and O–H groups in total. The minimum atomic E-state index is -1.23. The van der Waals surface area contributed by atoms with E-state index in [0.717, 1.165) is 0 Å². The average Bonchev–Trinajstić information content (AvgIpc) is 2.19. The average molecular weight is 208 g/mol. The Kier molecular flexibility index (Phi) is 8.02. The molecule has 0 aromatic carbocycles. The quantitative estimate of drug-likeness (QED) is 0.468. The maximum Gasteiger partial charge on any atom is 0.183 e. The van der Waals surface area contributed by atoms with Crippen LogP contribution in [0.4, 0.5) is 0 Å². The van der Waals surface area contributed by atoms with Crippen molar-refractivity contribution in [2.75, 3.05) is 19.8 Å². The molecule has 0 saturated heterocycles. The van der Waals surface area contributed by atoms with Crippen LogP contribution in [0.25, 0.3) is 0 Å². The number of hydrogen-bond acceptors (Lipinski definition) is 5. The Hall–Kier alpha value is -0.200. The summed E-state index contributed by atoms with van der Waals surface area (Å²) in [5.74, 6) is 0. The molecule has 0 fully saturated rings. The molecule has 5 heteroatoms. The van der Waals surface area contributed by atoms with Crippen molar-refractivity contribution in [2.45, 2.75) is 38.8 Å². The Morgan fingerprint density at radius 3 is 2.21 bits per heavy atom. The van der Waals surface area contributed by atoms with Gasteiger partial charge >= 0.3 is 0 Å². The molecular formula is C9H20O5. The lowest BCUT2D eigenvalue weighted by atomic mass is 10.1. The molecule has 0 spiro atoms. The van der Waals surface area contributed by atoms with E-state index >= 15 is 0 Å². The predicted molar refractivity (Wildman–Crippen MR) is 50.8 cm³/mol. The molecule has 0 rings (SSSR count). The molecular weight excluding hydrogens is 188 g/mol. The number of ether oxygens (including phenoxy) is 2. The summed E-state index contributed by atoms with van der Waals surface area (Å²) in [5, 5.41) is 27.4. The summed E-state index contributed by atoms with van der Waals surface area (Å²) < 4.78 is 9.96. The zero-order chi connectivity index (χ0) is 11.0. The first kappa shape index (κ1) is 13.8. The van der Waals surface area contributed by atoms with Crippen LogP contribution in [0.5, 0.6) is 0 Å². The van der Waals surface area contributed by atoms with Gasteiger partial charge in [-0.15, -0.1) is 0 Å². The predicted octanol–water partition coefficient (Wildman–Crippen LogP) is -0.510. The Labute approximate surface area is 84.3 Å². The van der Waals surface area contributed by atoms with Crippen LogP contribution >= 0.6 is 0 Å². The van der Waals surface area contributed by atoms with Gasteiger partial charge in [-0.25, -0.2) is 0 Å². The molecule has 0 amide bonds. The molecule has 0 bridgehead atoms. The van der Waals surface area contributed by atoms with Crippen molar-refractivity contribution in [3.8, 4) is 0 Å². The first-order chi connectivity index (χ1) is 6.67. The van der Waals surface area contributed by atoms with E-state index in [1.54, 1.807) is 6.92 Å². The monoisotopic (exact) mass is 208 g/mol. The third-order valence-electron chi connectivity index (χ3n) is 1.84. The van der Waals surface area contributed by atoms with Gasteiger partial charge in [0.1, 0.15) is 6.10 Å². The lowest BCUT2D eigenvalue weighted by Crippen LogP contribution is -2.40. The van der Waals surface area contributed by atoms with E-state index in [2.05, 4.69) is 0 Å². The van der Waals surface area contributed by atoms with E-state index < -0.39 is 18.5 Å². The highest BCUT2D eigenvalue weighted by atomic mass is 16.6. The van der Waals surface area contributed by atoms with Gasteiger partial charge in [-0.3, -0.25) is 0 Å². The van der Waals surface area contributed by atoms with Crippen molar-refractivity contribution in [1.82, 2.24) is 0 Å². The first-order valence-corrected chi connectivity index (χ1v) is 4.87. The summed E-state index contributed by atoms with van der Waals surface area (Å²) in [6.45, 7) is 3.92. The lowest BCUT2D eigenvalue weighted by molar-refractivity contribution is -0.195. The van der Waals surface area contributed by atoms with Gasteiger partial charge in [0.25, 0.3) is 0 Å². The highest BCUT2D eigenvalue weighted by Gasteiger charge is 2.25. The first-order valence-electron chi connectivity index (χ1n) is 4.87. The Balaban J connectivity index is 3.94. The third kappa shape index (κ3) is 4.88. The molecule has 0 aliphatic rings. The SMILES string of the molecule is CCOC(O)C(O)C(CC)OCCO. The second kappa shape index (κ2) is 8.14. The van der Waals surface area contributed by atoms with Gasteiger partial charge in [0, 0.05) is 6.61 Å². The van der Waals surface area contributed by atoms with Crippen LogP contribution in [-0.4, -0.2) is 53.6 Å². The molecule has 0 saturated carbocycles. The molecule has 5 nitrogen and oxygen atoms in total. The maximum absolute atomic E-state index is 9.55. The number of hydrogen-bond donors (Lipinski definition) is 3. The fraction of sp³-hybridized carbons (Fsp3) is 1.00. The summed E-state index contributed by atoms with van der Waals surface area (Å²) in [7, 11) is 0. The zero-order valence-corrected chi connectivity index (χ0v) is 8.72. The van der Waals surface area contributed by atoms with Crippen LogP contribution in [0.2, 0.25) is 0 Å². The number of aliphatic hydroxyl groups is 3. The number of rotatable bonds is 8. The minimum absolute atomic E-state index is 0.103. The van der Waals surface area contributed by atoms with Crippen LogP contribution in [0.1, 0.15) is 20.3 Å². The van der Waals surface area contributed by atoms with Gasteiger partial charge in [-0.1, -0.05) is 6.92 Å². The van der Waals surface area contributed by atoms with E-state index in [4.69, 9.17) is 14.6 Å².